The van der Waals surface area contributed by atoms with Gasteiger partial charge < -0.3 is 30.8 Å². The number of aliphatic hydroxyl groups is 3. The quantitative estimate of drug-likeness (QED) is 0.106. The Hall–Kier alpha value is -1.08. The summed E-state index contributed by atoms with van der Waals surface area (Å²) in [7, 11) is 0. The molecule has 0 aromatic carbocycles. The third-order valence-electron chi connectivity index (χ3n) is 2.42. The van der Waals surface area contributed by atoms with E-state index in [1.807, 2.05) is 0 Å². The first kappa shape index (κ1) is 15.0. The van der Waals surface area contributed by atoms with Crippen LogP contribution in [0.4, 0.5) is 0 Å². The summed E-state index contributed by atoms with van der Waals surface area (Å²) in [6, 6.07) is 0. The molecule has 0 radical (unpaired) electrons. The lowest BCUT2D eigenvalue weighted by Crippen LogP contribution is -2.66. The Balaban J connectivity index is 2.80. The van der Waals surface area contributed by atoms with Crippen molar-refractivity contribution in [1.82, 2.24) is 16.2 Å². The van der Waals surface area contributed by atoms with Gasteiger partial charge in [-0.1, -0.05) is 0 Å². The van der Waals surface area contributed by atoms with Crippen molar-refractivity contribution >= 4 is 23.2 Å². The molecule has 18 heavy (non-hydrogen) atoms. The maximum absolute atomic E-state index is 11.3. The Morgan fingerprint density at radius 1 is 1.11 bits per heavy atom. The van der Waals surface area contributed by atoms with Gasteiger partial charge in [-0.2, -0.15) is 0 Å². The molecule has 0 bridgehead atoms. The summed E-state index contributed by atoms with van der Waals surface area (Å²) in [6.45, 7) is 0. The average Bonchev–Trinajstić information content (AvgIpc) is 2.38. The molecule has 10 N–H and O–H groups in total. The fourth-order valence-electron chi connectivity index (χ4n) is 1.47. The summed E-state index contributed by atoms with van der Waals surface area (Å²) >= 11 is 4.68. The molecule has 10 nitrogen and oxygen atoms in total. The van der Waals surface area contributed by atoms with Crippen LogP contribution in [0, 0.1) is 0 Å². The second-order valence-corrected chi connectivity index (χ2v) is 3.98. The number of nitrogens with two attached hydrogens (primary N) is 2. The van der Waals surface area contributed by atoms with E-state index in [0.717, 1.165) is 0 Å². The van der Waals surface area contributed by atoms with Crippen LogP contribution in [-0.2, 0) is 9.53 Å². The van der Waals surface area contributed by atoms with E-state index in [1.165, 1.54) is 0 Å². The fraction of sp³-hybridized carbons (Fsp3) is 0.714. The normalized spacial score (nSPS) is 35.7. The third kappa shape index (κ3) is 3.02. The number of hydrogen-bond donors (Lipinski definition) is 8. The fourth-order valence-corrected chi connectivity index (χ4v) is 1.58. The molecule has 0 saturated carbocycles. The van der Waals surface area contributed by atoms with Crippen molar-refractivity contribution in [2.75, 3.05) is 0 Å². The molecule has 104 valence electrons. The molecule has 0 aliphatic carbocycles. The van der Waals surface area contributed by atoms with Gasteiger partial charge in [0.15, 0.2) is 17.4 Å². The minimum absolute atomic E-state index is 0.0745. The maximum atomic E-state index is 11.3. The number of hydrogen-bond acceptors (Lipinski definition) is 8. The van der Waals surface area contributed by atoms with Crippen molar-refractivity contribution in [1.29, 1.82) is 0 Å². The van der Waals surface area contributed by atoms with Crippen molar-refractivity contribution in [2.24, 2.45) is 11.7 Å². The zero-order valence-electron chi connectivity index (χ0n) is 9.11. The number of hydrazine groups is 2. The number of amides is 1. The zero-order chi connectivity index (χ0) is 13.9. The lowest BCUT2D eigenvalue weighted by Gasteiger charge is -2.39. The van der Waals surface area contributed by atoms with Gasteiger partial charge in [0.05, 0.1) is 0 Å². The van der Waals surface area contributed by atoms with Crippen LogP contribution >= 0.6 is 12.2 Å². The van der Waals surface area contributed by atoms with E-state index in [2.05, 4.69) is 23.0 Å². The number of carbonyl (C=O) groups excluding carboxylic acids is 1. The molecular weight excluding hydrogens is 266 g/mol. The Morgan fingerprint density at radius 2 is 1.72 bits per heavy atom. The molecule has 5 atom stereocenters. The molecule has 1 saturated heterocycles. The van der Waals surface area contributed by atoms with E-state index in [1.54, 1.807) is 5.43 Å². The van der Waals surface area contributed by atoms with Gasteiger partial charge >= 0.3 is 0 Å². The van der Waals surface area contributed by atoms with Crippen LogP contribution in [0.3, 0.4) is 0 Å². The van der Waals surface area contributed by atoms with E-state index in [9.17, 15) is 20.1 Å². The minimum atomic E-state index is -1.62. The molecule has 1 fully saturated rings. The highest BCUT2D eigenvalue weighted by Crippen LogP contribution is 2.19. The van der Waals surface area contributed by atoms with E-state index in [0.29, 0.717) is 0 Å². The Bertz CT molecular complexity index is 329. The lowest BCUT2D eigenvalue weighted by atomic mass is 9.97. The van der Waals surface area contributed by atoms with E-state index >= 15 is 0 Å². The van der Waals surface area contributed by atoms with Crippen LogP contribution in [0.25, 0.3) is 0 Å². The minimum Gasteiger partial charge on any atom is -0.387 e. The largest absolute Gasteiger partial charge is 0.387 e. The van der Waals surface area contributed by atoms with Gasteiger partial charge in [0, 0.05) is 0 Å². The summed E-state index contributed by atoms with van der Waals surface area (Å²) in [5, 5.41) is 31.1. The summed E-state index contributed by atoms with van der Waals surface area (Å²) in [5.41, 5.74) is 3.85. The Labute approximate surface area is 107 Å². The van der Waals surface area contributed by atoms with Crippen molar-refractivity contribution in [2.45, 2.75) is 30.6 Å². The predicted octanol–water partition coefficient (Wildman–Crippen LogP) is -4.88. The Kier molecular flexibility index (Phi) is 5.15. The molecule has 1 amide bonds. The summed E-state index contributed by atoms with van der Waals surface area (Å²) < 4.78 is 5.06. The predicted molar refractivity (Wildman–Crippen MR) is 62.1 cm³/mol. The van der Waals surface area contributed by atoms with Crippen molar-refractivity contribution in [3.8, 4) is 0 Å². The molecule has 1 aliphatic heterocycles. The molecule has 1 heterocycles. The van der Waals surface area contributed by atoms with Crippen LogP contribution in [-0.4, -0.2) is 57.0 Å². The smallest absolute Gasteiger partial charge is 0.265 e. The average molecular weight is 281 g/mol. The SMILES string of the molecule is NNC(=O)[C@H]1O[C@@H](NC(=S)NN)[C@H](O)[C@@H](O)[C@@H]1O. The highest BCUT2D eigenvalue weighted by molar-refractivity contribution is 7.80. The van der Waals surface area contributed by atoms with Gasteiger partial charge in [0.25, 0.3) is 5.91 Å². The van der Waals surface area contributed by atoms with Crippen LogP contribution in [0.2, 0.25) is 0 Å². The second-order valence-electron chi connectivity index (χ2n) is 3.58. The van der Waals surface area contributed by atoms with Crippen molar-refractivity contribution in [3.63, 3.8) is 0 Å². The van der Waals surface area contributed by atoms with Gasteiger partial charge in [-0.25, -0.2) is 11.7 Å². The van der Waals surface area contributed by atoms with Crippen molar-refractivity contribution < 1.29 is 24.9 Å². The molecular formula is C7H15N5O5S. The van der Waals surface area contributed by atoms with Crippen molar-refractivity contribution in [3.05, 3.63) is 0 Å². The van der Waals surface area contributed by atoms with Crippen LogP contribution in [0.5, 0.6) is 0 Å². The number of thiocarbonyl (C=S) groups is 1. The molecule has 1 aliphatic rings. The molecule has 0 spiro atoms. The standard InChI is InChI=1S/C7H15N5O5S/c8-11-5(16)4-2(14)1(13)3(15)6(17-4)10-7(18)12-9/h1-4,6,13-15H,8-9H2,(H,11,16)(H2,10,12,18)/t1-,2-,3+,4-,6+/m0/s1. The molecule has 1 rings (SSSR count). The molecule has 0 aromatic rings. The van der Waals surface area contributed by atoms with E-state index < -0.39 is 36.6 Å². The Morgan fingerprint density at radius 3 is 2.22 bits per heavy atom. The second kappa shape index (κ2) is 6.19. The zero-order valence-corrected chi connectivity index (χ0v) is 9.92. The summed E-state index contributed by atoms with van der Waals surface area (Å²) in [6.07, 6.45) is -7.42. The molecule has 0 aromatic heterocycles. The van der Waals surface area contributed by atoms with Gasteiger partial charge in [-0.05, 0) is 12.2 Å². The number of aliphatic hydroxyl groups excluding tert-OH is 3. The van der Waals surface area contributed by atoms with E-state index in [4.69, 9.17) is 16.4 Å². The summed E-state index contributed by atoms with van der Waals surface area (Å²) in [4.78, 5) is 11.3. The van der Waals surface area contributed by atoms with Gasteiger partial charge in [-0.3, -0.25) is 10.2 Å². The lowest BCUT2D eigenvalue weighted by molar-refractivity contribution is -0.223. The van der Waals surface area contributed by atoms with Crippen LogP contribution in [0.1, 0.15) is 0 Å². The van der Waals surface area contributed by atoms with Gasteiger partial charge in [0.1, 0.15) is 18.3 Å². The van der Waals surface area contributed by atoms with Gasteiger partial charge in [0.2, 0.25) is 0 Å². The molecule has 0 unspecified atom stereocenters. The van der Waals surface area contributed by atoms with Crippen LogP contribution in [0.15, 0.2) is 0 Å². The van der Waals surface area contributed by atoms with E-state index in [-0.39, 0.29) is 5.11 Å². The monoisotopic (exact) mass is 281 g/mol. The summed E-state index contributed by atoms with van der Waals surface area (Å²) in [5.74, 6) is 9.07. The number of nitrogens with one attached hydrogen (secondary N) is 3. The third-order valence-corrected chi connectivity index (χ3v) is 2.65. The molecule has 11 heteroatoms. The number of rotatable bonds is 2. The highest BCUT2D eigenvalue weighted by Gasteiger charge is 2.46. The highest BCUT2D eigenvalue weighted by atomic mass is 32.1. The first-order valence-corrected chi connectivity index (χ1v) is 5.30. The first-order chi connectivity index (χ1) is 8.42. The number of carbonyl (C=O) groups is 1. The number of ether oxygens (including phenoxy) is 1. The maximum Gasteiger partial charge on any atom is 0.265 e. The first-order valence-electron chi connectivity index (χ1n) is 4.89. The van der Waals surface area contributed by atoms with Gasteiger partial charge in [-0.15, -0.1) is 0 Å². The van der Waals surface area contributed by atoms with Crippen LogP contribution < -0.4 is 27.9 Å². The topological polar surface area (TPSA) is 175 Å².